The van der Waals surface area contributed by atoms with Crippen molar-refractivity contribution in [2.75, 3.05) is 0 Å². The SMILES string of the molecule is O=C(Cn1cnc2ccccc2c1=O)Oc1ccc(-c2ccc(F)cc2F)cc1. The summed E-state index contributed by atoms with van der Waals surface area (Å²) in [5.74, 6) is -1.75. The average Bonchev–Trinajstić information content (AvgIpc) is 2.71. The summed E-state index contributed by atoms with van der Waals surface area (Å²) < 4.78 is 33.3. The maximum absolute atomic E-state index is 13.9. The first-order valence-corrected chi connectivity index (χ1v) is 8.71. The molecule has 0 fully saturated rings. The van der Waals surface area contributed by atoms with Crippen LogP contribution in [0.5, 0.6) is 5.75 Å². The predicted octanol–water partition coefficient (Wildman–Crippen LogP) is 3.95. The maximum atomic E-state index is 13.9. The van der Waals surface area contributed by atoms with E-state index in [2.05, 4.69) is 4.98 Å². The third-order valence-electron chi connectivity index (χ3n) is 4.36. The Morgan fingerprint density at radius 1 is 1.00 bits per heavy atom. The Hall–Kier alpha value is -3.87. The van der Waals surface area contributed by atoms with E-state index in [1.807, 2.05) is 0 Å². The van der Waals surface area contributed by atoms with Crippen molar-refractivity contribution in [2.45, 2.75) is 6.54 Å². The highest BCUT2D eigenvalue weighted by Gasteiger charge is 2.11. The summed E-state index contributed by atoms with van der Waals surface area (Å²) in [4.78, 5) is 28.8. The average molecular weight is 392 g/mol. The van der Waals surface area contributed by atoms with Gasteiger partial charge in [-0.3, -0.25) is 9.36 Å². The zero-order valence-electron chi connectivity index (χ0n) is 15.0. The smallest absolute Gasteiger partial charge is 0.331 e. The fourth-order valence-electron chi connectivity index (χ4n) is 2.95. The minimum absolute atomic E-state index is 0.234. The van der Waals surface area contributed by atoms with Gasteiger partial charge in [-0.05, 0) is 42.0 Å². The zero-order chi connectivity index (χ0) is 20.4. The summed E-state index contributed by atoms with van der Waals surface area (Å²) >= 11 is 0. The van der Waals surface area contributed by atoms with Crippen LogP contribution in [-0.2, 0) is 11.3 Å². The number of carbonyl (C=O) groups excluding carboxylic acids is 1. The number of esters is 1. The van der Waals surface area contributed by atoms with Crippen LogP contribution in [0.3, 0.4) is 0 Å². The lowest BCUT2D eigenvalue weighted by molar-refractivity contribution is -0.135. The topological polar surface area (TPSA) is 61.2 Å². The second-order valence-electron chi connectivity index (χ2n) is 6.32. The fraction of sp³-hybridized carbons (Fsp3) is 0.0455. The third kappa shape index (κ3) is 3.89. The molecule has 0 aliphatic carbocycles. The van der Waals surface area contributed by atoms with Crippen molar-refractivity contribution in [2.24, 2.45) is 0 Å². The van der Waals surface area contributed by atoms with Gasteiger partial charge in [0.2, 0.25) is 0 Å². The number of halogens is 2. The minimum Gasteiger partial charge on any atom is -0.425 e. The van der Waals surface area contributed by atoms with Gasteiger partial charge in [0.25, 0.3) is 5.56 Å². The highest BCUT2D eigenvalue weighted by atomic mass is 19.1. The Labute approximate surface area is 163 Å². The van der Waals surface area contributed by atoms with Crippen molar-refractivity contribution in [3.05, 3.63) is 95.0 Å². The van der Waals surface area contributed by atoms with E-state index in [0.717, 1.165) is 6.07 Å². The number of ether oxygens (including phenoxy) is 1. The van der Waals surface area contributed by atoms with Crippen molar-refractivity contribution in [3.8, 4) is 16.9 Å². The molecule has 29 heavy (non-hydrogen) atoms. The first-order valence-electron chi connectivity index (χ1n) is 8.71. The Balaban J connectivity index is 1.49. The van der Waals surface area contributed by atoms with Crippen molar-refractivity contribution in [1.82, 2.24) is 9.55 Å². The van der Waals surface area contributed by atoms with Crippen LogP contribution in [0, 0.1) is 11.6 Å². The molecule has 3 aromatic carbocycles. The zero-order valence-corrected chi connectivity index (χ0v) is 15.0. The highest BCUT2D eigenvalue weighted by molar-refractivity contribution is 5.78. The molecule has 4 rings (SSSR count). The van der Waals surface area contributed by atoms with Gasteiger partial charge in [-0.2, -0.15) is 0 Å². The molecule has 0 amide bonds. The van der Waals surface area contributed by atoms with Crippen LogP contribution < -0.4 is 10.3 Å². The maximum Gasteiger partial charge on any atom is 0.331 e. The molecule has 0 atom stereocenters. The summed E-state index contributed by atoms with van der Waals surface area (Å²) in [5, 5.41) is 0.411. The number of hydrogen-bond donors (Lipinski definition) is 0. The van der Waals surface area contributed by atoms with Crippen LogP contribution >= 0.6 is 0 Å². The molecule has 0 N–H and O–H groups in total. The van der Waals surface area contributed by atoms with Crippen LogP contribution in [-0.4, -0.2) is 15.5 Å². The summed E-state index contributed by atoms with van der Waals surface area (Å²) in [7, 11) is 0. The second kappa shape index (κ2) is 7.63. The molecule has 0 radical (unpaired) electrons. The van der Waals surface area contributed by atoms with Gasteiger partial charge in [0.15, 0.2) is 0 Å². The van der Waals surface area contributed by atoms with E-state index >= 15 is 0 Å². The van der Waals surface area contributed by atoms with E-state index in [0.29, 0.717) is 16.5 Å². The Bertz CT molecular complexity index is 1270. The lowest BCUT2D eigenvalue weighted by Gasteiger charge is -2.08. The molecule has 1 heterocycles. The van der Waals surface area contributed by atoms with E-state index < -0.39 is 17.6 Å². The summed E-state index contributed by atoms with van der Waals surface area (Å²) in [6, 6.07) is 16.3. The predicted molar refractivity (Wildman–Crippen MR) is 103 cm³/mol. The Kier molecular flexibility index (Phi) is 4.87. The highest BCUT2D eigenvalue weighted by Crippen LogP contribution is 2.25. The van der Waals surface area contributed by atoms with Crippen LogP contribution in [0.1, 0.15) is 0 Å². The molecule has 5 nitrogen and oxygen atoms in total. The summed E-state index contributed by atoms with van der Waals surface area (Å²) in [6.07, 6.45) is 1.30. The monoisotopic (exact) mass is 392 g/mol. The van der Waals surface area contributed by atoms with E-state index in [4.69, 9.17) is 4.74 Å². The van der Waals surface area contributed by atoms with Gasteiger partial charge >= 0.3 is 5.97 Å². The molecule has 7 heteroatoms. The molecule has 4 aromatic rings. The van der Waals surface area contributed by atoms with Gasteiger partial charge in [0, 0.05) is 11.6 Å². The van der Waals surface area contributed by atoms with E-state index in [-0.39, 0.29) is 23.4 Å². The number of para-hydroxylation sites is 1. The molecule has 0 aliphatic rings. The quantitative estimate of drug-likeness (QED) is 0.390. The molecular weight excluding hydrogens is 378 g/mol. The van der Waals surface area contributed by atoms with Crippen LogP contribution in [0.2, 0.25) is 0 Å². The number of benzene rings is 3. The van der Waals surface area contributed by atoms with E-state index in [9.17, 15) is 18.4 Å². The summed E-state index contributed by atoms with van der Waals surface area (Å²) in [5.41, 5.74) is 0.954. The van der Waals surface area contributed by atoms with Gasteiger partial charge in [0.05, 0.1) is 17.2 Å². The number of nitrogens with zero attached hydrogens (tertiary/aromatic N) is 2. The molecule has 0 bridgehead atoms. The first-order chi connectivity index (χ1) is 14.0. The molecule has 0 unspecified atom stereocenters. The third-order valence-corrected chi connectivity index (χ3v) is 4.36. The Morgan fingerprint density at radius 3 is 2.52 bits per heavy atom. The molecule has 1 aromatic heterocycles. The van der Waals surface area contributed by atoms with Crippen molar-refractivity contribution in [3.63, 3.8) is 0 Å². The molecular formula is C22H14F2N2O3. The van der Waals surface area contributed by atoms with Gasteiger partial charge in [-0.1, -0.05) is 24.3 Å². The number of fused-ring (bicyclic) bond motifs is 1. The van der Waals surface area contributed by atoms with Gasteiger partial charge in [-0.25, -0.2) is 18.6 Å². The van der Waals surface area contributed by atoms with Gasteiger partial charge in [0.1, 0.15) is 23.9 Å². The molecule has 144 valence electrons. The molecule has 0 aliphatic heterocycles. The summed E-state index contributed by atoms with van der Waals surface area (Å²) in [6.45, 7) is -0.301. The van der Waals surface area contributed by atoms with Gasteiger partial charge in [-0.15, -0.1) is 0 Å². The van der Waals surface area contributed by atoms with E-state index in [1.165, 1.54) is 35.2 Å². The van der Waals surface area contributed by atoms with Crippen LogP contribution in [0.15, 0.2) is 77.9 Å². The number of hydrogen-bond acceptors (Lipinski definition) is 4. The lowest BCUT2D eigenvalue weighted by Crippen LogP contribution is -2.26. The normalized spacial score (nSPS) is 10.8. The minimum atomic E-state index is -0.682. The lowest BCUT2D eigenvalue weighted by atomic mass is 10.1. The largest absolute Gasteiger partial charge is 0.425 e. The van der Waals surface area contributed by atoms with Gasteiger partial charge < -0.3 is 4.74 Å². The Morgan fingerprint density at radius 2 is 1.76 bits per heavy atom. The van der Waals surface area contributed by atoms with Crippen LogP contribution in [0.25, 0.3) is 22.0 Å². The molecule has 0 spiro atoms. The molecule has 0 saturated carbocycles. The van der Waals surface area contributed by atoms with Crippen molar-refractivity contribution >= 4 is 16.9 Å². The number of carbonyl (C=O) groups is 1. The van der Waals surface area contributed by atoms with E-state index in [1.54, 1.807) is 36.4 Å². The first kappa shape index (κ1) is 18.5. The van der Waals surface area contributed by atoms with Crippen molar-refractivity contribution < 1.29 is 18.3 Å². The number of aromatic nitrogens is 2. The fourth-order valence-corrected chi connectivity index (χ4v) is 2.95. The van der Waals surface area contributed by atoms with Crippen molar-refractivity contribution in [1.29, 1.82) is 0 Å². The van der Waals surface area contributed by atoms with Crippen LogP contribution in [0.4, 0.5) is 8.78 Å². The molecule has 0 saturated heterocycles. The second-order valence-corrected chi connectivity index (χ2v) is 6.32. The standard InChI is InChI=1S/C22H14F2N2O3/c23-15-7-10-17(19(24)11-15)14-5-8-16(9-6-14)29-21(27)12-26-13-25-20-4-2-1-3-18(20)22(26)28/h1-11,13H,12H2. The number of rotatable bonds is 4.